The highest BCUT2D eigenvalue weighted by Gasteiger charge is 2.27. The maximum Gasteiger partial charge on any atom is 0.221 e. The summed E-state index contributed by atoms with van der Waals surface area (Å²) in [6.45, 7) is 7.58. The zero-order valence-electron chi connectivity index (χ0n) is 25.4. The molecule has 11 nitrogen and oxygen atoms in total. The molecule has 0 spiro atoms. The van der Waals surface area contributed by atoms with Crippen LogP contribution in [0.5, 0.6) is 0 Å². The molecule has 0 saturated carbocycles. The first kappa shape index (κ1) is 30.6. The van der Waals surface area contributed by atoms with Crippen molar-refractivity contribution in [1.82, 2.24) is 24.6 Å². The van der Waals surface area contributed by atoms with E-state index >= 15 is 0 Å². The van der Waals surface area contributed by atoms with Crippen molar-refractivity contribution in [1.29, 1.82) is 0 Å². The van der Waals surface area contributed by atoms with Gasteiger partial charge in [-0.25, -0.2) is 18.4 Å². The number of nitrogens with zero attached hydrogens (tertiary/aromatic N) is 6. The highest BCUT2D eigenvalue weighted by Crippen LogP contribution is 2.32. The molecule has 0 aliphatic carbocycles. The summed E-state index contributed by atoms with van der Waals surface area (Å²) < 4.78 is 27.4. The molecule has 5 rings (SSSR count). The van der Waals surface area contributed by atoms with Crippen molar-refractivity contribution >= 4 is 38.7 Å². The van der Waals surface area contributed by atoms with E-state index in [0.717, 1.165) is 23.1 Å². The molecule has 0 aliphatic heterocycles. The van der Waals surface area contributed by atoms with Crippen LogP contribution in [0.15, 0.2) is 78.1 Å². The topological polar surface area (TPSA) is 148 Å². The van der Waals surface area contributed by atoms with Crippen molar-refractivity contribution in [2.45, 2.75) is 57.5 Å². The van der Waals surface area contributed by atoms with E-state index in [1.54, 1.807) is 24.7 Å². The van der Waals surface area contributed by atoms with Crippen LogP contribution in [0.1, 0.15) is 39.8 Å². The second-order valence-electron chi connectivity index (χ2n) is 11.1. The molecule has 0 radical (unpaired) electrons. The van der Waals surface area contributed by atoms with Crippen molar-refractivity contribution in [2.24, 2.45) is 0 Å². The third kappa shape index (κ3) is 6.25. The van der Waals surface area contributed by atoms with Crippen LogP contribution in [-0.4, -0.2) is 57.2 Å². The Balaban J connectivity index is 1.51. The summed E-state index contributed by atoms with van der Waals surface area (Å²) in [4.78, 5) is 28.0. The number of carbonyl (C=O) groups is 1. The molecule has 1 atom stereocenters. The monoisotopic (exact) mass is 612 g/mol. The average Bonchev–Trinajstić information content (AvgIpc) is 3.41. The lowest BCUT2D eigenvalue weighted by molar-refractivity contribution is -0.114. The smallest absolute Gasteiger partial charge is 0.221 e. The molecule has 12 heteroatoms. The van der Waals surface area contributed by atoms with Gasteiger partial charge in [-0.3, -0.25) is 9.78 Å². The van der Waals surface area contributed by atoms with Crippen molar-refractivity contribution < 1.29 is 13.2 Å². The summed E-state index contributed by atoms with van der Waals surface area (Å²) in [5.41, 5.74) is 11.2. The zero-order valence-corrected chi connectivity index (χ0v) is 26.2. The minimum absolute atomic E-state index is 0.0126. The predicted molar refractivity (Wildman–Crippen MR) is 173 cm³/mol. The number of amides is 1. The van der Waals surface area contributed by atoms with E-state index in [4.69, 9.17) is 10.7 Å². The van der Waals surface area contributed by atoms with Gasteiger partial charge in [0.15, 0.2) is 21.3 Å². The second kappa shape index (κ2) is 12.4. The van der Waals surface area contributed by atoms with Crippen molar-refractivity contribution in [3.63, 3.8) is 0 Å². The van der Waals surface area contributed by atoms with E-state index in [2.05, 4.69) is 25.3 Å². The largest absolute Gasteiger partial charge is 0.382 e. The Morgan fingerprint density at radius 3 is 2.39 bits per heavy atom. The van der Waals surface area contributed by atoms with Crippen LogP contribution < -0.4 is 16.0 Å². The number of hydrogen-bond acceptors (Lipinski definition) is 9. The van der Waals surface area contributed by atoms with Gasteiger partial charge in [0.1, 0.15) is 10.7 Å². The van der Waals surface area contributed by atoms with Crippen LogP contribution in [-0.2, 0) is 21.1 Å². The first-order valence-corrected chi connectivity index (χ1v) is 16.2. The zero-order chi connectivity index (χ0) is 31.6. The Kier molecular flexibility index (Phi) is 8.63. The summed E-state index contributed by atoms with van der Waals surface area (Å²) in [5.74, 6) is 0.461. The van der Waals surface area contributed by atoms with Gasteiger partial charge < -0.3 is 16.0 Å². The maximum atomic E-state index is 13.0. The molecule has 4 aromatic heterocycles. The average molecular weight is 613 g/mol. The Bertz CT molecular complexity index is 1910. The number of fused-ring (bicyclic) bond motifs is 1. The molecule has 0 unspecified atom stereocenters. The molecule has 228 valence electrons. The SMILES string of the molecule is CC(=O)Nc1cccnc1N(C(C)C)[C@H](C)CCc1nc2c(-c3ccc(-c4ccccc4)nc3)cnn2c(N)c1S(C)(=O)=O. The van der Waals surface area contributed by atoms with Crippen molar-refractivity contribution in [3.8, 4) is 22.4 Å². The molecule has 4 heterocycles. The Morgan fingerprint density at radius 2 is 1.75 bits per heavy atom. The molecule has 1 aromatic carbocycles. The van der Waals surface area contributed by atoms with E-state index in [1.165, 1.54) is 11.4 Å². The molecule has 5 aromatic rings. The number of sulfone groups is 1. The van der Waals surface area contributed by atoms with Crippen LogP contribution in [0.2, 0.25) is 0 Å². The first-order chi connectivity index (χ1) is 21.0. The van der Waals surface area contributed by atoms with Crippen LogP contribution >= 0.6 is 0 Å². The fraction of sp³-hybridized carbons (Fsp3) is 0.281. The fourth-order valence-electron chi connectivity index (χ4n) is 5.50. The van der Waals surface area contributed by atoms with Crippen LogP contribution in [0, 0.1) is 0 Å². The van der Waals surface area contributed by atoms with Crippen molar-refractivity contribution in [3.05, 3.63) is 78.9 Å². The van der Waals surface area contributed by atoms with Crippen LogP contribution in [0.25, 0.3) is 28.0 Å². The van der Waals surface area contributed by atoms with E-state index < -0.39 is 9.84 Å². The Hall–Kier alpha value is -4.84. The first-order valence-electron chi connectivity index (χ1n) is 14.3. The van der Waals surface area contributed by atoms with Gasteiger partial charge in [-0.2, -0.15) is 9.61 Å². The van der Waals surface area contributed by atoms with Gasteiger partial charge in [-0.05, 0) is 51.8 Å². The van der Waals surface area contributed by atoms with Crippen LogP contribution in [0.4, 0.5) is 17.3 Å². The Morgan fingerprint density at radius 1 is 1.00 bits per heavy atom. The molecular formula is C32H36N8O3S. The summed E-state index contributed by atoms with van der Waals surface area (Å²) in [6.07, 6.45) is 7.06. The predicted octanol–water partition coefficient (Wildman–Crippen LogP) is 5.03. The minimum Gasteiger partial charge on any atom is -0.382 e. The lowest BCUT2D eigenvalue weighted by atomic mass is 10.1. The molecule has 0 aliphatic rings. The maximum absolute atomic E-state index is 13.0. The number of nitrogen functional groups attached to an aromatic ring is 1. The number of carbonyl (C=O) groups excluding carboxylic acids is 1. The standard InChI is InChI=1S/C32H36N8O3S/c1-20(2)39(32-28(37-22(4)41)12-9-17-34-32)21(3)13-15-27-29(44(5,42)43)30(33)40-31(38-27)25(19-36-40)24-14-16-26(35-18-24)23-10-7-6-8-11-23/h6-12,14,16-21H,13,15,33H2,1-5H3,(H,37,41)/t21-/m1/s1. The highest BCUT2D eigenvalue weighted by molar-refractivity contribution is 7.91. The van der Waals surface area contributed by atoms with Gasteiger partial charge in [0.2, 0.25) is 5.91 Å². The number of anilines is 3. The lowest BCUT2D eigenvalue weighted by Gasteiger charge is -2.35. The molecular weight excluding hydrogens is 576 g/mol. The quantitative estimate of drug-likeness (QED) is 0.221. The number of rotatable bonds is 10. The molecule has 0 saturated heterocycles. The number of nitrogens with one attached hydrogen (secondary N) is 1. The van der Waals surface area contributed by atoms with Crippen LogP contribution in [0.3, 0.4) is 0 Å². The number of pyridine rings is 2. The molecule has 1 amide bonds. The third-order valence-corrected chi connectivity index (χ3v) is 8.58. The van der Waals surface area contributed by atoms with E-state index in [-0.39, 0.29) is 28.7 Å². The number of aromatic nitrogens is 5. The van der Waals surface area contributed by atoms with Gasteiger partial charge in [-0.15, -0.1) is 0 Å². The second-order valence-corrected chi connectivity index (χ2v) is 13.0. The summed E-state index contributed by atoms with van der Waals surface area (Å²) in [5, 5.41) is 7.26. The Labute approximate surface area is 257 Å². The van der Waals surface area contributed by atoms with Gasteiger partial charge >= 0.3 is 0 Å². The summed E-state index contributed by atoms with van der Waals surface area (Å²) in [6, 6.07) is 17.3. The highest BCUT2D eigenvalue weighted by atomic mass is 32.2. The van der Waals surface area contributed by atoms with E-state index in [1.807, 2.05) is 69.3 Å². The number of hydrogen-bond donors (Lipinski definition) is 2. The number of benzene rings is 1. The summed E-state index contributed by atoms with van der Waals surface area (Å²) >= 11 is 0. The lowest BCUT2D eigenvalue weighted by Crippen LogP contribution is -2.40. The normalized spacial score (nSPS) is 12.4. The molecule has 0 bridgehead atoms. The minimum atomic E-state index is -3.74. The van der Waals surface area contributed by atoms with Gasteiger partial charge in [0.05, 0.1) is 23.3 Å². The van der Waals surface area contributed by atoms with Gasteiger partial charge in [0.25, 0.3) is 0 Å². The molecule has 44 heavy (non-hydrogen) atoms. The molecule has 0 fully saturated rings. The number of nitrogens with two attached hydrogens (primary N) is 1. The van der Waals surface area contributed by atoms with E-state index in [9.17, 15) is 13.2 Å². The third-order valence-electron chi connectivity index (χ3n) is 7.39. The van der Waals surface area contributed by atoms with Crippen molar-refractivity contribution in [2.75, 3.05) is 22.2 Å². The van der Waals surface area contributed by atoms with Gasteiger partial charge in [0, 0.05) is 54.3 Å². The fourth-order valence-corrected chi connectivity index (χ4v) is 6.54. The van der Waals surface area contributed by atoms with E-state index in [0.29, 0.717) is 41.3 Å². The summed E-state index contributed by atoms with van der Waals surface area (Å²) in [7, 11) is -3.74. The van der Waals surface area contributed by atoms with Gasteiger partial charge in [-0.1, -0.05) is 36.4 Å². The number of aryl methyl sites for hydroxylation is 1. The molecule has 3 N–H and O–H groups in total.